The second-order valence-electron chi connectivity index (χ2n) is 11.8. The first kappa shape index (κ1) is 27.7. The van der Waals surface area contributed by atoms with Crippen LogP contribution in [0.5, 0.6) is 0 Å². The highest BCUT2D eigenvalue weighted by molar-refractivity contribution is 6.11. The lowest BCUT2D eigenvalue weighted by atomic mass is 9.98. The van der Waals surface area contributed by atoms with Crippen LogP contribution >= 0.6 is 0 Å². The second kappa shape index (κ2) is 10.1. The number of hydrogen-bond donors (Lipinski definition) is 0. The largest absolute Gasteiger partial charge is 0.416 e. The first-order chi connectivity index (χ1) is 22.2. The summed E-state index contributed by atoms with van der Waals surface area (Å²) in [6.45, 7) is 4.05. The van der Waals surface area contributed by atoms with Gasteiger partial charge in [0.2, 0.25) is 0 Å². The molecule has 0 unspecified atom stereocenters. The van der Waals surface area contributed by atoms with Crippen molar-refractivity contribution in [2.45, 2.75) is 20.0 Å². The van der Waals surface area contributed by atoms with E-state index in [9.17, 15) is 18.4 Å². The number of aromatic nitrogens is 2. The van der Waals surface area contributed by atoms with Crippen LogP contribution in [0.15, 0.2) is 121 Å². The minimum absolute atomic E-state index is 0.413. The Kier molecular flexibility index (Phi) is 6.10. The van der Waals surface area contributed by atoms with Gasteiger partial charge in [-0.2, -0.15) is 18.4 Å². The molecule has 8 aromatic rings. The van der Waals surface area contributed by atoms with Gasteiger partial charge in [0, 0.05) is 21.5 Å². The Hall–Kier alpha value is -5.80. The van der Waals surface area contributed by atoms with Crippen molar-refractivity contribution < 1.29 is 13.2 Å². The quantitative estimate of drug-likeness (QED) is 0.197. The molecule has 0 atom stereocenters. The fraction of sp³-hybridized carbons (Fsp3) is 0.0750. The van der Waals surface area contributed by atoms with Crippen LogP contribution in [-0.2, 0) is 6.18 Å². The highest BCUT2D eigenvalue weighted by Gasteiger charge is 2.31. The maximum atomic E-state index is 13.9. The highest BCUT2D eigenvalue weighted by atomic mass is 19.4. The Bertz CT molecular complexity index is 2420. The minimum atomic E-state index is -4.50. The lowest BCUT2D eigenvalue weighted by Crippen LogP contribution is -2.06. The van der Waals surface area contributed by atoms with Crippen molar-refractivity contribution in [1.29, 1.82) is 5.26 Å². The summed E-state index contributed by atoms with van der Waals surface area (Å²) in [5.74, 6) is 0. The van der Waals surface area contributed by atoms with Gasteiger partial charge >= 0.3 is 6.18 Å². The van der Waals surface area contributed by atoms with Crippen LogP contribution in [0.3, 0.4) is 0 Å². The standard InChI is InChI=1S/C40H26F3N3/c1-24-14-16-31-29-10-3-5-12-34(29)45(36(31)18-24)38-21-27(26-8-7-9-28(20-26)40(41,42)43)22-39(33(38)23-44)46-35-13-6-4-11-30(35)32-17-15-25(2)19-37(32)46/h3-22H,1-2H3. The van der Waals surface area contributed by atoms with Gasteiger partial charge in [-0.1, -0.05) is 72.8 Å². The Morgan fingerprint density at radius 1 is 0.522 bits per heavy atom. The fourth-order valence-corrected chi connectivity index (χ4v) is 6.80. The average Bonchev–Trinajstić information content (AvgIpc) is 3.55. The van der Waals surface area contributed by atoms with Crippen molar-refractivity contribution in [2.75, 3.05) is 0 Å². The predicted molar refractivity (Wildman–Crippen MR) is 180 cm³/mol. The minimum Gasteiger partial charge on any atom is -0.308 e. The van der Waals surface area contributed by atoms with E-state index in [0.29, 0.717) is 28.1 Å². The van der Waals surface area contributed by atoms with Crippen LogP contribution < -0.4 is 0 Å². The zero-order valence-electron chi connectivity index (χ0n) is 25.0. The fourth-order valence-electron chi connectivity index (χ4n) is 6.80. The number of aryl methyl sites for hydroxylation is 2. The summed E-state index contributed by atoms with van der Waals surface area (Å²) in [6, 6.07) is 40.2. The average molecular weight is 606 g/mol. The molecule has 8 rings (SSSR count). The van der Waals surface area contributed by atoms with E-state index in [1.54, 1.807) is 6.07 Å². The van der Waals surface area contributed by atoms with E-state index in [2.05, 4.69) is 63.7 Å². The number of nitrogens with zero attached hydrogens (tertiary/aromatic N) is 3. The summed E-state index contributed by atoms with van der Waals surface area (Å²) in [6.07, 6.45) is -4.50. The van der Waals surface area contributed by atoms with Gasteiger partial charge < -0.3 is 9.13 Å². The van der Waals surface area contributed by atoms with Crippen LogP contribution in [0.25, 0.3) is 66.1 Å². The number of para-hydroxylation sites is 2. The first-order valence-corrected chi connectivity index (χ1v) is 15.0. The molecule has 0 fully saturated rings. The highest BCUT2D eigenvalue weighted by Crippen LogP contribution is 2.41. The van der Waals surface area contributed by atoms with E-state index in [-0.39, 0.29) is 0 Å². The molecule has 0 bridgehead atoms. The summed E-state index contributed by atoms with van der Waals surface area (Å²) in [5.41, 5.74) is 7.65. The summed E-state index contributed by atoms with van der Waals surface area (Å²) in [5, 5.41) is 15.1. The number of fused-ring (bicyclic) bond motifs is 6. The van der Waals surface area contributed by atoms with Gasteiger partial charge in [-0.3, -0.25) is 0 Å². The van der Waals surface area contributed by atoms with Gasteiger partial charge in [-0.15, -0.1) is 0 Å². The molecule has 0 amide bonds. The van der Waals surface area contributed by atoms with Gasteiger partial charge in [-0.25, -0.2) is 0 Å². The van der Waals surface area contributed by atoms with E-state index in [4.69, 9.17) is 0 Å². The van der Waals surface area contributed by atoms with Gasteiger partial charge in [-0.05, 0) is 84.6 Å². The molecule has 0 aliphatic rings. The van der Waals surface area contributed by atoms with Crippen molar-refractivity contribution in [1.82, 2.24) is 9.13 Å². The summed E-state index contributed by atoms with van der Waals surface area (Å²) in [4.78, 5) is 0. The maximum absolute atomic E-state index is 13.9. The first-order valence-electron chi connectivity index (χ1n) is 15.0. The predicted octanol–water partition coefficient (Wildman–Crippen LogP) is 11.1. The van der Waals surface area contributed by atoms with Crippen molar-refractivity contribution in [2.24, 2.45) is 0 Å². The monoisotopic (exact) mass is 605 g/mol. The SMILES string of the molecule is Cc1ccc2c3ccccc3n(-c3cc(-c4cccc(C(F)(F)F)c4)cc(-n4c5ccccc5c5ccc(C)cc54)c3C#N)c2c1. The topological polar surface area (TPSA) is 33.6 Å². The molecule has 2 aromatic heterocycles. The number of hydrogen-bond acceptors (Lipinski definition) is 1. The zero-order chi connectivity index (χ0) is 31.7. The molecule has 3 nitrogen and oxygen atoms in total. The van der Waals surface area contributed by atoms with Crippen molar-refractivity contribution >= 4 is 43.6 Å². The third-order valence-electron chi connectivity index (χ3n) is 8.87. The Balaban J connectivity index is 1.56. The molecule has 0 aliphatic heterocycles. The summed E-state index contributed by atoms with van der Waals surface area (Å²) >= 11 is 0. The molecular weight excluding hydrogens is 579 g/mol. The third kappa shape index (κ3) is 4.20. The van der Waals surface area contributed by atoms with Crippen LogP contribution in [0.1, 0.15) is 22.3 Å². The molecule has 0 saturated heterocycles. The number of alkyl halides is 3. The lowest BCUT2D eigenvalue weighted by Gasteiger charge is -2.19. The Labute approximate surface area is 263 Å². The van der Waals surface area contributed by atoms with Crippen LogP contribution in [-0.4, -0.2) is 9.13 Å². The molecule has 0 saturated carbocycles. The van der Waals surface area contributed by atoms with E-state index in [0.717, 1.165) is 60.8 Å². The molecule has 6 aromatic carbocycles. The van der Waals surface area contributed by atoms with E-state index in [1.807, 2.05) is 62.4 Å². The van der Waals surface area contributed by atoms with Gasteiger partial charge in [0.15, 0.2) is 0 Å². The molecule has 46 heavy (non-hydrogen) atoms. The molecule has 222 valence electrons. The van der Waals surface area contributed by atoms with Gasteiger partial charge in [0.25, 0.3) is 0 Å². The van der Waals surface area contributed by atoms with Crippen LogP contribution in [0.4, 0.5) is 13.2 Å². The van der Waals surface area contributed by atoms with Crippen LogP contribution in [0.2, 0.25) is 0 Å². The third-order valence-corrected chi connectivity index (χ3v) is 8.87. The van der Waals surface area contributed by atoms with E-state index in [1.165, 1.54) is 12.1 Å². The summed E-state index contributed by atoms with van der Waals surface area (Å²) < 4.78 is 45.9. The number of rotatable bonds is 3. The van der Waals surface area contributed by atoms with Gasteiger partial charge in [0.05, 0.1) is 39.0 Å². The van der Waals surface area contributed by atoms with E-state index < -0.39 is 11.7 Å². The molecule has 2 heterocycles. The smallest absolute Gasteiger partial charge is 0.308 e. The Morgan fingerprint density at radius 3 is 1.52 bits per heavy atom. The number of halogens is 3. The molecule has 0 aliphatic carbocycles. The second-order valence-corrected chi connectivity index (χ2v) is 11.8. The summed E-state index contributed by atoms with van der Waals surface area (Å²) in [7, 11) is 0. The van der Waals surface area contributed by atoms with Crippen molar-refractivity contribution in [3.05, 3.63) is 144 Å². The van der Waals surface area contributed by atoms with Crippen molar-refractivity contribution in [3.63, 3.8) is 0 Å². The van der Waals surface area contributed by atoms with Gasteiger partial charge in [0.1, 0.15) is 11.6 Å². The number of benzene rings is 6. The van der Waals surface area contributed by atoms with Crippen LogP contribution in [0, 0.1) is 25.2 Å². The van der Waals surface area contributed by atoms with E-state index >= 15 is 0 Å². The molecular formula is C40H26F3N3. The molecule has 0 radical (unpaired) electrons. The molecule has 6 heteroatoms. The maximum Gasteiger partial charge on any atom is 0.416 e. The Morgan fingerprint density at radius 2 is 1.02 bits per heavy atom. The van der Waals surface area contributed by atoms with Crippen molar-refractivity contribution in [3.8, 4) is 28.6 Å². The molecule has 0 N–H and O–H groups in total. The number of nitriles is 1. The lowest BCUT2D eigenvalue weighted by molar-refractivity contribution is -0.137. The molecule has 0 spiro atoms. The zero-order valence-corrected chi connectivity index (χ0v) is 25.0. The normalized spacial score (nSPS) is 12.0.